The minimum atomic E-state index is -1.66. The molecule has 1 aliphatic rings. The van der Waals surface area contributed by atoms with Crippen molar-refractivity contribution >= 4 is 5.69 Å². The fourth-order valence-electron chi connectivity index (χ4n) is 2.22. The fourth-order valence-corrected chi connectivity index (χ4v) is 2.22. The zero-order chi connectivity index (χ0) is 14.7. The van der Waals surface area contributed by atoms with E-state index in [0.717, 1.165) is 0 Å². The number of aliphatic hydroxyl groups excluding tert-OH is 1. The van der Waals surface area contributed by atoms with Crippen molar-refractivity contribution in [3.05, 3.63) is 23.5 Å². The van der Waals surface area contributed by atoms with Gasteiger partial charge >= 0.3 is 0 Å². The number of nitrogens with zero attached hydrogens (tertiary/aromatic N) is 2. The third-order valence-corrected chi connectivity index (χ3v) is 3.18. The minimum absolute atomic E-state index is 0.107. The number of piperidine rings is 1. The van der Waals surface area contributed by atoms with Crippen molar-refractivity contribution in [1.29, 1.82) is 0 Å². The predicted octanol–water partition coefficient (Wildman–Crippen LogP) is 1.62. The van der Waals surface area contributed by atoms with Crippen LogP contribution in [0, 0.1) is 23.5 Å². The zero-order valence-corrected chi connectivity index (χ0v) is 10.6. The van der Waals surface area contributed by atoms with E-state index in [9.17, 15) is 17.6 Å². The van der Waals surface area contributed by atoms with Crippen LogP contribution in [0.15, 0.2) is 0 Å². The van der Waals surface area contributed by atoms with Crippen LogP contribution in [-0.2, 0) is 4.74 Å². The molecular formula is C12H14F4N2O2. The monoisotopic (exact) mass is 294 g/mol. The summed E-state index contributed by atoms with van der Waals surface area (Å²) in [6.45, 7) is 0.482. The average molecular weight is 294 g/mol. The highest BCUT2D eigenvalue weighted by atomic mass is 19.2. The Morgan fingerprint density at radius 1 is 1.10 bits per heavy atom. The number of aromatic nitrogens is 1. The van der Waals surface area contributed by atoms with Gasteiger partial charge in [-0.1, -0.05) is 0 Å². The molecule has 8 heteroatoms. The second kappa shape index (κ2) is 6.36. The van der Waals surface area contributed by atoms with E-state index in [1.54, 1.807) is 0 Å². The molecule has 20 heavy (non-hydrogen) atoms. The largest absolute Gasteiger partial charge is 0.394 e. The topological polar surface area (TPSA) is 45.6 Å². The lowest BCUT2D eigenvalue weighted by Crippen LogP contribution is -2.38. The molecule has 0 atom stereocenters. The van der Waals surface area contributed by atoms with Gasteiger partial charge in [0.1, 0.15) is 5.69 Å². The normalized spacial score (nSPS) is 16.8. The Morgan fingerprint density at radius 3 is 2.15 bits per heavy atom. The van der Waals surface area contributed by atoms with Crippen molar-refractivity contribution in [2.24, 2.45) is 0 Å². The van der Waals surface area contributed by atoms with Gasteiger partial charge in [0.2, 0.25) is 11.6 Å². The summed E-state index contributed by atoms with van der Waals surface area (Å²) in [5.74, 6) is -6.28. The molecule has 0 amide bonds. The van der Waals surface area contributed by atoms with Crippen LogP contribution in [-0.4, -0.2) is 42.5 Å². The van der Waals surface area contributed by atoms with E-state index >= 15 is 0 Å². The number of rotatable bonds is 4. The molecule has 1 fully saturated rings. The van der Waals surface area contributed by atoms with Crippen LogP contribution in [0.1, 0.15) is 12.8 Å². The highest BCUT2D eigenvalue weighted by molar-refractivity contribution is 5.48. The Labute approximate surface area is 113 Å². The number of halogens is 4. The number of pyridine rings is 1. The molecule has 0 saturated carbocycles. The smallest absolute Gasteiger partial charge is 0.253 e. The molecule has 0 aliphatic carbocycles. The van der Waals surface area contributed by atoms with Crippen LogP contribution < -0.4 is 4.90 Å². The molecule has 4 nitrogen and oxygen atoms in total. The quantitative estimate of drug-likeness (QED) is 0.677. The van der Waals surface area contributed by atoms with Gasteiger partial charge in [-0.3, -0.25) is 0 Å². The second-order valence-electron chi connectivity index (χ2n) is 4.45. The lowest BCUT2D eigenvalue weighted by Gasteiger charge is -2.33. The predicted molar refractivity (Wildman–Crippen MR) is 62.3 cm³/mol. The van der Waals surface area contributed by atoms with Gasteiger partial charge in [0, 0.05) is 13.1 Å². The number of hydrogen-bond donors (Lipinski definition) is 1. The average Bonchev–Trinajstić information content (AvgIpc) is 2.44. The van der Waals surface area contributed by atoms with Gasteiger partial charge in [-0.05, 0) is 12.8 Å². The van der Waals surface area contributed by atoms with Gasteiger partial charge in [0.25, 0.3) is 11.9 Å². The minimum Gasteiger partial charge on any atom is -0.394 e. The lowest BCUT2D eigenvalue weighted by molar-refractivity contribution is 0.0157. The molecule has 112 valence electrons. The summed E-state index contributed by atoms with van der Waals surface area (Å²) in [6, 6.07) is 0. The van der Waals surface area contributed by atoms with Gasteiger partial charge < -0.3 is 14.7 Å². The fraction of sp³-hybridized carbons (Fsp3) is 0.583. The van der Waals surface area contributed by atoms with Crippen LogP contribution >= 0.6 is 0 Å². The molecule has 1 aliphatic heterocycles. The van der Waals surface area contributed by atoms with Gasteiger partial charge in [0.05, 0.1) is 19.3 Å². The van der Waals surface area contributed by atoms with E-state index in [2.05, 4.69) is 4.98 Å². The van der Waals surface area contributed by atoms with Crippen LogP contribution in [0.25, 0.3) is 0 Å². The van der Waals surface area contributed by atoms with E-state index in [4.69, 9.17) is 9.84 Å². The number of hydrogen-bond acceptors (Lipinski definition) is 4. The van der Waals surface area contributed by atoms with Crippen molar-refractivity contribution < 1.29 is 27.4 Å². The van der Waals surface area contributed by atoms with E-state index in [1.807, 2.05) is 0 Å². The maximum atomic E-state index is 13.6. The van der Waals surface area contributed by atoms with Crippen LogP contribution in [0.3, 0.4) is 0 Å². The summed E-state index contributed by atoms with van der Waals surface area (Å²) in [5, 5.41) is 8.64. The molecule has 0 aromatic carbocycles. The highest BCUT2D eigenvalue weighted by Gasteiger charge is 2.28. The third-order valence-electron chi connectivity index (χ3n) is 3.18. The second-order valence-corrected chi connectivity index (χ2v) is 4.45. The Hall–Kier alpha value is -1.41. The summed E-state index contributed by atoms with van der Waals surface area (Å²) in [7, 11) is 0. The van der Waals surface area contributed by atoms with Crippen molar-refractivity contribution in [3.63, 3.8) is 0 Å². The Bertz CT molecular complexity index is 453. The van der Waals surface area contributed by atoms with E-state index < -0.39 is 29.2 Å². The standard InChI is InChI=1S/C12H14F4N2O2/c13-8-10(9(14)12(16)17-11(8)15)18-3-1-7(2-4-18)20-6-5-19/h7,19H,1-6H2. The summed E-state index contributed by atoms with van der Waals surface area (Å²) >= 11 is 0. The van der Waals surface area contributed by atoms with Crippen molar-refractivity contribution in [3.8, 4) is 0 Å². The first-order valence-corrected chi connectivity index (χ1v) is 6.22. The first-order valence-electron chi connectivity index (χ1n) is 6.22. The molecular weight excluding hydrogens is 280 g/mol. The molecule has 2 heterocycles. The molecule has 1 N–H and O–H groups in total. The Balaban J connectivity index is 2.11. The molecule has 0 unspecified atom stereocenters. The summed E-state index contributed by atoms with van der Waals surface area (Å²) in [6.07, 6.45) is 0.760. The van der Waals surface area contributed by atoms with Crippen molar-refractivity contribution in [1.82, 2.24) is 4.98 Å². The maximum Gasteiger partial charge on any atom is 0.253 e. The number of ether oxygens (including phenoxy) is 1. The van der Waals surface area contributed by atoms with Crippen molar-refractivity contribution in [2.45, 2.75) is 18.9 Å². The molecule has 1 saturated heterocycles. The van der Waals surface area contributed by atoms with E-state index in [-0.39, 0.29) is 32.4 Å². The van der Waals surface area contributed by atoms with Crippen LogP contribution in [0.5, 0.6) is 0 Å². The van der Waals surface area contributed by atoms with Gasteiger partial charge in [-0.2, -0.15) is 22.5 Å². The lowest BCUT2D eigenvalue weighted by atomic mass is 10.1. The summed E-state index contributed by atoms with van der Waals surface area (Å²) < 4.78 is 58.5. The van der Waals surface area contributed by atoms with Gasteiger partial charge in [0.15, 0.2) is 0 Å². The molecule has 0 bridgehead atoms. The van der Waals surface area contributed by atoms with E-state index in [0.29, 0.717) is 12.8 Å². The SMILES string of the molecule is OCCOC1CCN(c2c(F)c(F)nc(F)c2F)CC1. The molecule has 2 rings (SSSR count). The molecule has 0 radical (unpaired) electrons. The van der Waals surface area contributed by atoms with Gasteiger partial charge in [-0.15, -0.1) is 0 Å². The number of anilines is 1. The first-order chi connectivity index (χ1) is 9.54. The molecule has 0 spiro atoms. The van der Waals surface area contributed by atoms with Gasteiger partial charge in [-0.25, -0.2) is 0 Å². The van der Waals surface area contributed by atoms with Crippen molar-refractivity contribution in [2.75, 3.05) is 31.2 Å². The van der Waals surface area contributed by atoms with Crippen LogP contribution in [0.2, 0.25) is 0 Å². The summed E-state index contributed by atoms with van der Waals surface area (Å²) in [5.41, 5.74) is -0.726. The Morgan fingerprint density at radius 2 is 1.65 bits per heavy atom. The van der Waals surface area contributed by atoms with Crippen LogP contribution in [0.4, 0.5) is 23.2 Å². The zero-order valence-electron chi connectivity index (χ0n) is 10.6. The molecule has 1 aromatic rings. The first kappa shape index (κ1) is 15.0. The summed E-state index contributed by atoms with van der Waals surface area (Å²) in [4.78, 5) is 3.75. The van der Waals surface area contributed by atoms with E-state index in [1.165, 1.54) is 4.90 Å². The Kier molecular flexibility index (Phi) is 4.77. The third kappa shape index (κ3) is 3.01. The number of aliphatic hydroxyl groups is 1. The molecule has 1 aromatic heterocycles. The maximum absolute atomic E-state index is 13.6. The highest BCUT2D eigenvalue weighted by Crippen LogP contribution is 2.29.